The fraction of sp³-hybridized carbons (Fsp3) is 0.0800. The Morgan fingerprint density at radius 3 is 2.18 bits per heavy atom. The van der Waals surface area contributed by atoms with Gasteiger partial charge in [-0.2, -0.15) is 4.37 Å². The first-order valence-corrected chi connectivity index (χ1v) is 10.9. The molecule has 1 amide bonds. The highest BCUT2D eigenvalue weighted by Crippen LogP contribution is 2.44. The zero-order valence-electron chi connectivity index (χ0n) is 17.1. The van der Waals surface area contributed by atoms with E-state index in [1.807, 2.05) is 48.5 Å². The van der Waals surface area contributed by atoms with Crippen molar-refractivity contribution < 1.29 is 23.8 Å². The van der Waals surface area contributed by atoms with E-state index in [4.69, 9.17) is 4.74 Å². The molecule has 3 aromatic carbocycles. The number of anilines is 1. The van der Waals surface area contributed by atoms with Gasteiger partial charge in [-0.25, -0.2) is 14.0 Å². The molecule has 164 valence electrons. The van der Waals surface area contributed by atoms with E-state index in [0.717, 1.165) is 33.8 Å². The molecule has 0 spiro atoms. The molecule has 0 bridgehead atoms. The van der Waals surface area contributed by atoms with E-state index in [1.165, 1.54) is 24.3 Å². The molecule has 2 N–H and O–H groups in total. The summed E-state index contributed by atoms with van der Waals surface area (Å²) in [6.07, 6.45) is -0.789. The fourth-order valence-electron chi connectivity index (χ4n) is 4.09. The second-order valence-corrected chi connectivity index (χ2v) is 8.27. The largest absolute Gasteiger partial charge is 0.477 e. The lowest BCUT2D eigenvalue weighted by Crippen LogP contribution is -2.19. The van der Waals surface area contributed by atoms with Crippen LogP contribution >= 0.6 is 11.5 Å². The number of nitrogens with one attached hydrogen (secondary N) is 1. The third kappa shape index (κ3) is 3.85. The van der Waals surface area contributed by atoms with Crippen LogP contribution < -0.4 is 5.32 Å². The molecule has 0 aliphatic heterocycles. The second kappa shape index (κ2) is 8.48. The van der Waals surface area contributed by atoms with E-state index >= 15 is 0 Å². The first kappa shape index (κ1) is 20.8. The number of aromatic nitrogens is 1. The Kier molecular flexibility index (Phi) is 5.35. The van der Waals surface area contributed by atoms with Crippen LogP contribution in [0.5, 0.6) is 0 Å². The zero-order valence-corrected chi connectivity index (χ0v) is 17.9. The van der Waals surface area contributed by atoms with Crippen molar-refractivity contribution in [3.63, 3.8) is 0 Å². The first-order valence-electron chi connectivity index (χ1n) is 10.1. The number of hydrogen-bond donors (Lipinski definition) is 2. The van der Waals surface area contributed by atoms with Crippen molar-refractivity contribution in [1.82, 2.24) is 4.37 Å². The summed E-state index contributed by atoms with van der Waals surface area (Å²) in [6, 6.07) is 21.4. The van der Waals surface area contributed by atoms with Crippen LogP contribution in [0, 0.1) is 5.82 Å². The number of benzene rings is 3. The number of amides is 1. The molecule has 4 aromatic rings. The summed E-state index contributed by atoms with van der Waals surface area (Å²) >= 11 is 0.737. The van der Waals surface area contributed by atoms with E-state index in [1.54, 1.807) is 0 Å². The summed E-state index contributed by atoms with van der Waals surface area (Å²) in [5.41, 5.74) is 5.10. The minimum absolute atomic E-state index is 0.0244. The smallest absolute Gasteiger partial charge is 0.411 e. The highest BCUT2D eigenvalue weighted by atomic mass is 32.1. The molecule has 33 heavy (non-hydrogen) atoms. The summed E-state index contributed by atoms with van der Waals surface area (Å²) in [7, 11) is 0. The average molecular weight is 460 g/mol. The van der Waals surface area contributed by atoms with Crippen LogP contribution in [0.1, 0.15) is 26.7 Å². The molecular weight excluding hydrogens is 443 g/mol. The molecule has 6 nitrogen and oxygen atoms in total. The molecule has 1 aromatic heterocycles. The van der Waals surface area contributed by atoms with Gasteiger partial charge < -0.3 is 9.84 Å². The predicted molar refractivity (Wildman–Crippen MR) is 123 cm³/mol. The number of carbonyl (C=O) groups is 2. The monoisotopic (exact) mass is 460 g/mol. The van der Waals surface area contributed by atoms with Crippen molar-refractivity contribution in [3.8, 4) is 22.4 Å². The van der Waals surface area contributed by atoms with Crippen molar-refractivity contribution in [2.75, 3.05) is 11.9 Å². The molecular formula is C25H17FN2O4S. The molecule has 0 fully saturated rings. The van der Waals surface area contributed by atoms with Gasteiger partial charge in [-0.3, -0.25) is 5.32 Å². The number of halogens is 1. The Morgan fingerprint density at radius 2 is 1.58 bits per heavy atom. The van der Waals surface area contributed by atoms with Crippen molar-refractivity contribution in [2.24, 2.45) is 0 Å². The Labute approximate surface area is 192 Å². The van der Waals surface area contributed by atoms with E-state index in [0.29, 0.717) is 5.56 Å². The van der Waals surface area contributed by atoms with Crippen molar-refractivity contribution >= 4 is 29.3 Å². The zero-order chi connectivity index (χ0) is 22.9. The van der Waals surface area contributed by atoms with Gasteiger partial charge in [0.05, 0.1) is 5.69 Å². The van der Waals surface area contributed by atoms with Gasteiger partial charge >= 0.3 is 12.1 Å². The second-order valence-electron chi connectivity index (χ2n) is 7.50. The standard InChI is InChI=1S/C25H17FN2O4S/c26-15-11-9-14(10-12-15)21-22(23(24(29)30)33-28-21)27-25(31)32-13-20-18-7-3-1-5-16(18)17-6-2-4-8-19(17)20/h1-12,20H,13H2,(H,27,31)(H,29,30). The van der Waals surface area contributed by atoms with Crippen LogP contribution in [0.3, 0.4) is 0 Å². The maximum absolute atomic E-state index is 13.3. The first-order chi connectivity index (χ1) is 16.0. The molecule has 5 rings (SSSR count). The molecule has 1 aliphatic carbocycles. The lowest BCUT2D eigenvalue weighted by atomic mass is 9.98. The molecule has 1 heterocycles. The Bertz CT molecular complexity index is 1320. The number of hydrogen-bond acceptors (Lipinski definition) is 5. The number of carbonyl (C=O) groups excluding carboxylic acids is 1. The van der Waals surface area contributed by atoms with Gasteiger partial charge in [0.25, 0.3) is 0 Å². The number of fused-ring (bicyclic) bond motifs is 3. The van der Waals surface area contributed by atoms with Gasteiger partial charge in [-0.1, -0.05) is 48.5 Å². The van der Waals surface area contributed by atoms with Gasteiger partial charge in [-0.15, -0.1) is 0 Å². The van der Waals surface area contributed by atoms with Crippen LogP contribution in [0.25, 0.3) is 22.4 Å². The summed E-state index contributed by atoms with van der Waals surface area (Å²) in [6.45, 7) is 0.0890. The molecule has 0 saturated heterocycles. The minimum atomic E-state index is -1.23. The third-order valence-corrected chi connectivity index (χ3v) is 6.41. The van der Waals surface area contributed by atoms with E-state index in [9.17, 15) is 19.1 Å². The van der Waals surface area contributed by atoms with Crippen molar-refractivity contribution in [3.05, 3.63) is 94.6 Å². The van der Waals surface area contributed by atoms with Crippen LogP contribution in [-0.4, -0.2) is 28.1 Å². The van der Waals surface area contributed by atoms with Crippen molar-refractivity contribution in [2.45, 2.75) is 5.92 Å². The molecule has 0 atom stereocenters. The normalized spacial score (nSPS) is 12.2. The molecule has 0 unspecified atom stereocenters. The number of carboxylic acids is 1. The summed E-state index contributed by atoms with van der Waals surface area (Å²) in [5, 5.41) is 12.1. The third-order valence-electron chi connectivity index (χ3n) is 5.57. The van der Waals surface area contributed by atoms with Crippen LogP contribution in [-0.2, 0) is 4.74 Å². The quantitative estimate of drug-likeness (QED) is 0.381. The SMILES string of the molecule is O=C(Nc1c(-c2ccc(F)cc2)nsc1C(=O)O)OCC1c2ccccc2-c2ccccc21. The van der Waals surface area contributed by atoms with E-state index < -0.39 is 17.9 Å². The van der Waals surface area contributed by atoms with Gasteiger partial charge in [0.2, 0.25) is 0 Å². The predicted octanol–water partition coefficient (Wildman–Crippen LogP) is 6.01. The highest BCUT2D eigenvalue weighted by Gasteiger charge is 2.29. The molecule has 0 saturated carbocycles. The Morgan fingerprint density at radius 1 is 0.970 bits per heavy atom. The van der Waals surface area contributed by atoms with Gasteiger partial charge in [-0.05, 0) is 58.1 Å². The topological polar surface area (TPSA) is 88.5 Å². The maximum atomic E-state index is 13.3. The van der Waals surface area contributed by atoms with Crippen LogP contribution in [0.2, 0.25) is 0 Å². The van der Waals surface area contributed by atoms with Crippen LogP contribution in [0.15, 0.2) is 72.8 Å². The fourth-order valence-corrected chi connectivity index (χ4v) is 4.79. The average Bonchev–Trinajstić information content (AvgIpc) is 3.38. The van der Waals surface area contributed by atoms with E-state index in [2.05, 4.69) is 9.69 Å². The number of nitrogens with zero attached hydrogens (tertiary/aromatic N) is 1. The molecule has 0 radical (unpaired) electrons. The lowest BCUT2D eigenvalue weighted by Gasteiger charge is -2.15. The Balaban J connectivity index is 1.38. The van der Waals surface area contributed by atoms with Crippen molar-refractivity contribution in [1.29, 1.82) is 0 Å². The van der Waals surface area contributed by atoms with Gasteiger partial charge in [0.1, 0.15) is 18.1 Å². The summed E-state index contributed by atoms with van der Waals surface area (Å²) in [5.74, 6) is -1.78. The molecule has 1 aliphatic rings. The number of ether oxygens (including phenoxy) is 1. The van der Waals surface area contributed by atoms with Gasteiger partial charge in [0, 0.05) is 11.5 Å². The lowest BCUT2D eigenvalue weighted by molar-refractivity contribution is 0.0703. The number of rotatable bonds is 5. The molecule has 8 heteroatoms. The number of carboxylic acid groups (broad SMARTS) is 1. The minimum Gasteiger partial charge on any atom is -0.477 e. The number of aromatic carboxylic acids is 1. The van der Waals surface area contributed by atoms with Crippen LogP contribution in [0.4, 0.5) is 14.9 Å². The van der Waals surface area contributed by atoms with E-state index in [-0.39, 0.29) is 28.8 Å². The maximum Gasteiger partial charge on any atom is 0.411 e. The summed E-state index contributed by atoms with van der Waals surface area (Å²) < 4.78 is 23.0. The highest BCUT2D eigenvalue weighted by molar-refractivity contribution is 7.09. The van der Waals surface area contributed by atoms with Gasteiger partial charge in [0.15, 0.2) is 4.88 Å². The summed E-state index contributed by atoms with van der Waals surface area (Å²) in [4.78, 5) is 24.2. The Hall–Kier alpha value is -4.04.